The number of carbonyl (C=O) groups excluding carboxylic acids is 2. The molecule has 2 fully saturated rings. The third-order valence-electron chi connectivity index (χ3n) is 8.88. The summed E-state index contributed by atoms with van der Waals surface area (Å²) in [4.78, 5) is 28.7. The molecule has 2 saturated heterocycles. The van der Waals surface area contributed by atoms with Crippen molar-refractivity contribution >= 4 is 60.6 Å². The number of methoxy groups -OCH3 is 1. The van der Waals surface area contributed by atoms with Gasteiger partial charge in [-0.3, -0.25) is 9.59 Å². The summed E-state index contributed by atoms with van der Waals surface area (Å²) in [6.07, 6.45) is -2.78. The van der Waals surface area contributed by atoms with E-state index in [1.165, 1.54) is 45.7 Å². The Morgan fingerprint density at radius 2 is 1.73 bits per heavy atom. The fraction of sp³-hybridized carbons (Fsp3) is 0.667. The van der Waals surface area contributed by atoms with Crippen LogP contribution in [0.15, 0.2) is 18.2 Å². The van der Waals surface area contributed by atoms with Crippen LogP contribution < -0.4 is 10.2 Å². The van der Waals surface area contributed by atoms with Crippen LogP contribution >= 0.6 is 12.2 Å². The monoisotopic (exact) mass is 755 g/mol. The molecule has 2 unspecified atom stereocenters. The Balaban J connectivity index is 0.000000397. The summed E-state index contributed by atoms with van der Waals surface area (Å²) in [5.41, 5.74) is -3.95. The Hall–Kier alpha value is -2.73. The molecule has 276 valence electrons. The van der Waals surface area contributed by atoms with Gasteiger partial charge < -0.3 is 10.1 Å². The molecule has 0 aromatic heterocycles. The number of alkyl halides is 3. The van der Waals surface area contributed by atoms with Crippen LogP contribution in [0.25, 0.3) is 4.85 Å². The fourth-order valence-corrected chi connectivity index (χ4v) is 9.35. The van der Waals surface area contributed by atoms with Gasteiger partial charge in [0.2, 0.25) is 15.4 Å². The molecule has 1 amide bonds. The van der Waals surface area contributed by atoms with Gasteiger partial charge in [-0.05, 0) is 45.4 Å². The Bertz CT molecular complexity index is 1690. The van der Waals surface area contributed by atoms with Crippen LogP contribution in [0.5, 0.6) is 0 Å². The average Bonchev–Trinajstić information content (AvgIpc) is 3.52. The van der Waals surface area contributed by atoms with Crippen LogP contribution in [-0.2, 0) is 40.5 Å². The average molecular weight is 756 g/mol. The standard InChI is InChI=1S/C19H22F3N4O3S2.C11H24N2O4S/c1-18(2)16(27)25(12-8-9-14(23-3)13(11-12)19(20,21)22)17(30)26(18)10-6-7-15(26)31(28,29)24(4)5;1-11(2,10(14)17-5)12-8-6-7-9-18(15,16)13(3)4/h8-9,11,15H,6-7,10H2,1-2,4-5H3;12H,6-9H2,1-5H3/q+1;. The first-order valence-corrected chi connectivity index (χ1v) is 18.8. The van der Waals surface area contributed by atoms with E-state index in [2.05, 4.69) is 14.9 Å². The van der Waals surface area contributed by atoms with Crippen molar-refractivity contribution in [3.63, 3.8) is 0 Å². The summed E-state index contributed by atoms with van der Waals surface area (Å²) < 4.78 is 96.2. The second-order valence-corrected chi connectivity index (χ2v) is 18.1. The highest BCUT2D eigenvalue weighted by Crippen LogP contribution is 2.49. The number of halogens is 3. The largest absolute Gasteiger partial charge is 0.468 e. The van der Waals surface area contributed by atoms with Gasteiger partial charge in [-0.2, -0.15) is 13.2 Å². The maximum atomic E-state index is 13.5. The molecule has 1 N–H and O–H groups in total. The number of unbranched alkanes of at least 4 members (excludes halogenated alkanes) is 1. The minimum absolute atomic E-state index is 0.0494. The first kappa shape index (κ1) is 42.4. The van der Waals surface area contributed by atoms with Crippen molar-refractivity contribution in [1.29, 1.82) is 0 Å². The first-order chi connectivity index (χ1) is 22.3. The Labute approximate surface area is 292 Å². The van der Waals surface area contributed by atoms with E-state index in [1.807, 2.05) is 0 Å². The van der Waals surface area contributed by atoms with Crippen molar-refractivity contribution in [1.82, 2.24) is 13.9 Å². The van der Waals surface area contributed by atoms with E-state index in [1.54, 1.807) is 27.7 Å². The molecule has 49 heavy (non-hydrogen) atoms. The molecule has 13 nitrogen and oxygen atoms in total. The lowest BCUT2D eigenvalue weighted by Gasteiger charge is -2.42. The SMILES string of the molecule is COC(=O)C(C)(C)NCCCCS(=O)(=O)N(C)C.[C-]#[N+]c1ccc(N2C(=O)C(C)(C)[N+]3(CCCC3S(=O)(=O)N(C)C)C2=S)cc1C(F)(F)F. The molecule has 0 saturated carbocycles. The number of thiocarbonyl (C=S) groups is 1. The summed E-state index contributed by atoms with van der Waals surface area (Å²) in [5.74, 6) is -0.786. The number of quaternary nitrogens is 1. The molecule has 0 aliphatic carbocycles. The van der Waals surface area contributed by atoms with Crippen LogP contribution in [0.3, 0.4) is 0 Å². The molecule has 2 heterocycles. The van der Waals surface area contributed by atoms with Crippen molar-refractivity contribution in [2.45, 2.75) is 76.0 Å². The van der Waals surface area contributed by atoms with E-state index >= 15 is 0 Å². The molecular weight excluding hydrogens is 710 g/mol. The molecule has 2 aliphatic heterocycles. The fourth-order valence-electron chi connectivity index (χ4n) is 5.84. The van der Waals surface area contributed by atoms with E-state index in [0.717, 1.165) is 21.3 Å². The van der Waals surface area contributed by atoms with Crippen molar-refractivity contribution in [2.75, 3.05) is 59.0 Å². The smallest absolute Gasteiger partial charge is 0.407 e. The zero-order valence-electron chi connectivity index (χ0n) is 29.2. The molecule has 2 aliphatic rings. The van der Waals surface area contributed by atoms with Gasteiger partial charge >= 0.3 is 12.1 Å². The summed E-state index contributed by atoms with van der Waals surface area (Å²) in [7, 11) is 0.236. The van der Waals surface area contributed by atoms with Crippen molar-refractivity contribution in [3.8, 4) is 0 Å². The summed E-state index contributed by atoms with van der Waals surface area (Å²) >= 11 is 5.60. The molecular formula is C30H46F3N6O7S3+. The number of hydrogen-bond acceptors (Lipinski definition) is 9. The van der Waals surface area contributed by atoms with E-state index in [-0.39, 0.29) is 40.0 Å². The summed E-state index contributed by atoms with van der Waals surface area (Å²) in [5, 5.41) is 1.97. The number of rotatable bonds is 11. The number of anilines is 1. The summed E-state index contributed by atoms with van der Waals surface area (Å²) in [6.45, 7) is 14.5. The second kappa shape index (κ2) is 15.3. The normalized spacial score (nSPS) is 21.2. The first-order valence-electron chi connectivity index (χ1n) is 15.3. The van der Waals surface area contributed by atoms with Gasteiger partial charge in [-0.25, -0.2) is 39.7 Å². The van der Waals surface area contributed by atoms with Gasteiger partial charge in [0.25, 0.3) is 21.0 Å². The number of hydrogen-bond donors (Lipinski definition) is 1. The lowest BCUT2D eigenvalue weighted by Crippen LogP contribution is -2.67. The van der Waals surface area contributed by atoms with Gasteiger partial charge in [0.05, 0.1) is 37.2 Å². The van der Waals surface area contributed by atoms with Crippen LogP contribution in [-0.4, -0.2) is 118 Å². The maximum absolute atomic E-state index is 13.5. The van der Waals surface area contributed by atoms with Crippen LogP contribution in [0.4, 0.5) is 24.5 Å². The zero-order chi connectivity index (χ0) is 38.0. The van der Waals surface area contributed by atoms with Crippen LogP contribution in [0, 0.1) is 6.57 Å². The number of carbonyl (C=O) groups is 2. The predicted molar refractivity (Wildman–Crippen MR) is 183 cm³/mol. The molecule has 1 spiro atoms. The molecule has 0 bridgehead atoms. The number of sulfonamides is 2. The van der Waals surface area contributed by atoms with Gasteiger partial charge in [0.1, 0.15) is 5.54 Å². The zero-order valence-corrected chi connectivity index (χ0v) is 31.7. The van der Waals surface area contributed by atoms with Gasteiger partial charge in [0.15, 0.2) is 11.2 Å². The summed E-state index contributed by atoms with van der Waals surface area (Å²) in [6, 6.07) is 2.95. The van der Waals surface area contributed by atoms with Crippen molar-refractivity contribution in [2.24, 2.45) is 0 Å². The highest BCUT2D eigenvalue weighted by atomic mass is 32.2. The molecule has 2 atom stereocenters. The minimum atomic E-state index is -4.80. The molecule has 0 radical (unpaired) electrons. The van der Waals surface area contributed by atoms with E-state index < -0.39 is 59.8 Å². The third kappa shape index (κ3) is 8.43. The highest BCUT2D eigenvalue weighted by Gasteiger charge is 2.71. The number of nitrogens with zero attached hydrogens (tertiary/aromatic N) is 5. The van der Waals surface area contributed by atoms with E-state index in [9.17, 15) is 39.6 Å². The Morgan fingerprint density at radius 1 is 1.14 bits per heavy atom. The Morgan fingerprint density at radius 3 is 2.22 bits per heavy atom. The number of nitrogens with one attached hydrogen (secondary N) is 1. The van der Waals surface area contributed by atoms with Crippen molar-refractivity contribution in [3.05, 3.63) is 35.2 Å². The Kier molecular flexibility index (Phi) is 13.2. The predicted octanol–water partition coefficient (Wildman–Crippen LogP) is 3.69. The van der Waals surface area contributed by atoms with Gasteiger partial charge in [-0.1, -0.05) is 6.07 Å². The van der Waals surface area contributed by atoms with Crippen molar-refractivity contribution < 1.29 is 48.8 Å². The second-order valence-electron chi connectivity index (χ2n) is 13.2. The third-order valence-corrected chi connectivity index (χ3v) is 13.6. The highest BCUT2D eigenvalue weighted by molar-refractivity contribution is 7.89. The molecule has 1 aromatic rings. The number of benzene rings is 1. The molecule has 3 rings (SSSR count). The number of esters is 1. The van der Waals surface area contributed by atoms with Gasteiger partial charge in [-0.15, -0.1) is 0 Å². The van der Waals surface area contributed by atoms with Crippen LogP contribution in [0.1, 0.15) is 58.9 Å². The lowest BCUT2D eigenvalue weighted by atomic mass is 10.0. The maximum Gasteiger partial charge on any atom is 0.407 e. The number of amides is 1. The van der Waals surface area contributed by atoms with E-state index in [4.69, 9.17) is 18.8 Å². The van der Waals surface area contributed by atoms with E-state index in [0.29, 0.717) is 25.8 Å². The topological polar surface area (TPSA) is 138 Å². The quantitative estimate of drug-likeness (QED) is 0.118. The molecule has 19 heteroatoms. The minimum Gasteiger partial charge on any atom is -0.468 e. The lowest BCUT2D eigenvalue weighted by molar-refractivity contribution is -0.872. The molecule has 1 aromatic carbocycles. The van der Waals surface area contributed by atoms with Crippen LogP contribution in [0.2, 0.25) is 0 Å². The number of ether oxygens (including phenoxy) is 1. The van der Waals surface area contributed by atoms with Gasteiger partial charge in [0, 0.05) is 67.1 Å².